The van der Waals surface area contributed by atoms with Crippen molar-refractivity contribution in [1.82, 2.24) is 9.62 Å². The predicted molar refractivity (Wildman–Crippen MR) is 94.2 cm³/mol. The highest BCUT2D eigenvalue weighted by Crippen LogP contribution is 2.24. The van der Waals surface area contributed by atoms with Crippen LogP contribution in [0.4, 0.5) is 0 Å². The van der Waals surface area contributed by atoms with Gasteiger partial charge in [0.15, 0.2) is 0 Å². The van der Waals surface area contributed by atoms with Crippen molar-refractivity contribution in [2.75, 3.05) is 19.6 Å². The Labute approximate surface area is 148 Å². The van der Waals surface area contributed by atoms with E-state index in [1.54, 1.807) is 4.90 Å². The van der Waals surface area contributed by atoms with Gasteiger partial charge in [0, 0.05) is 25.2 Å². The minimum atomic E-state index is -3.58. The van der Waals surface area contributed by atoms with Crippen LogP contribution in [0.15, 0.2) is 29.2 Å². The molecule has 0 bridgehead atoms. The Balaban J connectivity index is 2.10. The van der Waals surface area contributed by atoms with Gasteiger partial charge in [-0.15, -0.1) is 0 Å². The molecule has 7 nitrogen and oxygen atoms in total. The summed E-state index contributed by atoms with van der Waals surface area (Å²) in [6.45, 7) is 6.83. The number of nitrogens with one attached hydrogen (secondary N) is 1. The van der Waals surface area contributed by atoms with Crippen LogP contribution < -0.4 is 10.5 Å². The van der Waals surface area contributed by atoms with Gasteiger partial charge >= 0.3 is 0 Å². The summed E-state index contributed by atoms with van der Waals surface area (Å²) in [6.07, 6.45) is 0. The molecular weight excluding hydrogens is 342 g/mol. The van der Waals surface area contributed by atoms with Crippen LogP contribution in [0.2, 0.25) is 0 Å². The number of carbonyl (C=O) groups is 2. The Morgan fingerprint density at radius 3 is 2.32 bits per heavy atom. The van der Waals surface area contributed by atoms with Crippen LogP contribution in [-0.2, 0) is 14.8 Å². The summed E-state index contributed by atoms with van der Waals surface area (Å²) >= 11 is 0. The first-order chi connectivity index (χ1) is 11.6. The normalized spacial score (nSPS) is 20.9. The second-order valence-electron chi connectivity index (χ2n) is 6.97. The minimum absolute atomic E-state index is 0.0151. The number of likely N-dealkylation sites (tertiary alicyclic amines) is 1. The molecule has 1 aromatic carbocycles. The van der Waals surface area contributed by atoms with Crippen LogP contribution in [0.25, 0.3) is 0 Å². The monoisotopic (exact) mass is 367 g/mol. The topological polar surface area (TPSA) is 110 Å². The molecule has 1 heterocycles. The van der Waals surface area contributed by atoms with Crippen LogP contribution in [0.3, 0.4) is 0 Å². The summed E-state index contributed by atoms with van der Waals surface area (Å²) in [5.74, 6) is -0.758. The molecule has 0 saturated carbocycles. The van der Waals surface area contributed by atoms with E-state index in [4.69, 9.17) is 5.73 Å². The first-order valence-electron chi connectivity index (χ1n) is 8.30. The van der Waals surface area contributed by atoms with Crippen LogP contribution in [0, 0.1) is 17.8 Å². The molecular formula is C17H25N3O4S. The number of sulfonamides is 1. The first-order valence-corrected chi connectivity index (χ1v) is 9.78. The van der Waals surface area contributed by atoms with E-state index >= 15 is 0 Å². The van der Waals surface area contributed by atoms with E-state index < -0.39 is 15.9 Å². The number of amides is 2. The Morgan fingerprint density at radius 1 is 1.24 bits per heavy atom. The summed E-state index contributed by atoms with van der Waals surface area (Å²) in [5.41, 5.74) is 5.75. The number of carbonyl (C=O) groups excluding carboxylic acids is 2. The van der Waals surface area contributed by atoms with Crippen molar-refractivity contribution in [3.8, 4) is 0 Å². The highest BCUT2D eigenvalue weighted by atomic mass is 32.2. The molecule has 0 aromatic heterocycles. The molecule has 2 atom stereocenters. The fourth-order valence-electron chi connectivity index (χ4n) is 2.82. The van der Waals surface area contributed by atoms with Crippen LogP contribution in [-0.4, -0.2) is 44.8 Å². The lowest BCUT2D eigenvalue weighted by atomic mass is 9.98. The van der Waals surface area contributed by atoms with E-state index in [1.807, 2.05) is 20.8 Å². The Hall–Kier alpha value is -1.93. The quantitative estimate of drug-likeness (QED) is 0.775. The van der Waals surface area contributed by atoms with E-state index in [2.05, 4.69) is 4.72 Å². The molecule has 2 amide bonds. The lowest BCUT2D eigenvalue weighted by molar-refractivity contribution is -0.122. The highest BCUT2D eigenvalue weighted by molar-refractivity contribution is 7.89. The van der Waals surface area contributed by atoms with Crippen molar-refractivity contribution < 1.29 is 18.0 Å². The predicted octanol–water partition coefficient (Wildman–Crippen LogP) is 0.814. The zero-order chi connectivity index (χ0) is 18.8. The Morgan fingerprint density at radius 2 is 1.84 bits per heavy atom. The van der Waals surface area contributed by atoms with Crippen molar-refractivity contribution in [3.63, 3.8) is 0 Å². The van der Waals surface area contributed by atoms with Gasteiger partial charge in [0.1, 0.15) is 0 Å². The van der Waals surface area contributed by atoms with E-state index in [1.165, 1.54) is 24.3 Å². The van der Waals surface area contributed by atoms with Gasteiger partial charge in [-0.2, -0.15) is 0 Å². The fourth-order valence-corrected chi connectivity index (χ4v) is 4.04. The van der Waals surface area contributed by atoms with Gasteiger partial charge in [-0.05, 0) is 36.1 Å². The number of hydrogen-bond acceptors (Lipinski definition) is 4. The molecule has 3 N–H and O–H groups in total. The van der Waals surface area contributed by atoms with E-state index in [-0.39, 0.29) is 28.6 Å². The molecule has 0 radical (unpaired) electrons. The summed E-state index contributed by atoms with van der Waals surface area (Å²) in [6, 6.07) is 5.82. The highest BCUT2D eigenvalue weighted by Gasteiger charge is 2.36. The number of benzene rings is 1. The molecule has 25 heavy (non-hydrogen) atoms. The van der Waals surface area contributed by atoms with Crippen LogP contribution >= 0.6 is 0 Å². The number of nitrogens with zero attached hydrogens (tertiary/aromatic N) is 1. The smallest absolute Gasteiger partial charge is 0.253 e. The average molecular weight is 367 g/mol. The molecule has 0 spiro atoms. The second-order valence-corrected chi connectivity index (χ2v) is 8.73. The molecule has 8 heteroatoms. The van der Waals surface area contributed by atoms with Gasteiger partial charge in [0.2, 0.25) is 15.9 Å². The van der Waals surface area contributed by atoms with Gasteiger partial charge in [-0.3, -0.25) is 9.59 Å². The minimum Gasteiger partial charge on any atom is -0.369 e. The molecule has 1 aromatic rings. The summed E-state index contributed by atoms with van der Waals surface area (Å²) in [4.78, 5) is 25.6. The van der Waals surface area contributed by atoms with Gasteiger partial charge in [0.25, 0.3) is 5.91 Å². The van der Waals surface area contributed by atoms with E-state index in [0.717, 1.165) is 0 Å². The zero-order valence-corrected chi connectivity index (χ0v) is 15.5. The van der Waals surface area contributed by atoms with Crippen molar-refractivity contribution >= 4 is 21.8 Å². The SMILES string of the molecule is CC(C)CNS(=O)(=O)c1ccc(C(=O)N2C[C@@H](C)[C@H](C(N)=O)C2)cc1. The third-order valence-electron chi connectivity index (χ3n) is 4.36. The molecule has 1 aliphatic heterocycles. The van der Waals surface area contributed by atoms with Crippen LogP contribution in [0.5, 0.6) is 0 Å². The average Bonchev–Trinajstić information content (AvgIpc) is 2.94. The third-order valence-corrected chi connectivity index (χ3v) is 5.80. The van der Waals surface area contributed by atoms with Crippen molar-refractivity contribution in [1.29, 1.82) is 0 Å². The third kappa shape index (κ3) is 4.58. The standard InChI is InChI=1S/C17H25N3O4S/c1-11(2)8-19-25(23,24)14-6-4-13(5-7-14)17(22)20-9-12(3)15(10-20)16(18)21/h4-7,11-12,15,19H,8-10H2,1-3H3,(H2,18,21)/t12-,15-/m1/s1. The van der Waals surface area contributed by atoms with Crippen LogP contribution in [0.1, 0.15) is 31.1 Å². The second kappa shape index (κ2) is 7.53. The number of nitrogens with two attached hydrogens (primary N) is 1. The molecule has 0 unspecified atom stereocenters. The maximum atomic E-state index is 12.5. The molecule has 2 rings (SSSR count). The van der Waals surface area contributed by atoms with Gasteiger partial charge in [-0.1, -0.05) is 20.8 Å². The van der Waals surface area contributed by atoms with Gasteiger partial charge in [-0.25, -0.2) is 13.1 Å². The van der Waals surface area contributed by atoms with Crippen molar-refractivity contribution in [2.45, 2.75) is 25.7 Å². The van der Waals surface area contributed by atoms with E-state index in [0.29, 0.717) is 25.2 Å². The number of hydrogen-bond donors (Lipinski definition) is 2. The fraction of sp³-hybridized carbons (Fsp3) is 0.529. The Bertz CT molecular complexity index is 744. The number of primary amides is 1. The van der Waals surface area contributed by atoms with Crippen molar-refractivity contribution in [3.05, 3.63) is 29.8 Å². The summed E-state index contributed by atoms with van der Waals surface area (Å²) in [5, 5.41) is 0. The molecule has 1 aliphatic rings. The Kier molecular flexibility index (Phi) is 5.84. The first kappa shape index (κ1) is 19.4. The summed E-state index contributed by atoms with van der Waals surface area (Å²) in [7, 11) is -3.58. The molecule has 0 aliphatic carbocycles. The number of rotatable bonds is 6. The zero-order valence-electron chi connectivity index (χ0n) is 14.7. The lowest BCUT2D eigenvalue weighted by Gasteiger charge is -2.16. The van der Waals surface area contributed by atoms with Gasteiger partial charge in [0.05, 0.1) is 10.8 Å². The molecule has 1 fully saturated rings. The maximum absolute atomic E-state index is 12.5. The van der Waals surface area contributed by atoms with Gasteiger partial charge < -0.3 is 10.6 Å². The summed E-state index contributed by atoms with van der Waals surface area (Å²) < 4.78 is 26.9. The largest absolute Gasteiger partial charge is 0.369 e. The molecule has 138 valence electrons. The molecule has 1 saturated heterocycles. The van der Waals surface area contributed by atoms with E-state index in [9.17, 15) is 18.0 Å². The van der Waals surface area contributed by atoms with Crippen molar-refractivity contribution in [2.24, 2.45) is 23.5 Å². The maximum Gasteiger partial charge on any atom is 0.253 e. The lowest BCUT2D eigenvalue weighted by Crippen LogP contribution is -2.32.